The van der Waals surface area contributed by atoms with E-state index in [1.165, 1.54) is 12.8 Å². The number of hydrogen-bond acceptors (Lipinski definition) is 4. The fraction of sp³-hybridized carbons (Fsp3) is 0.818. The Balaban J connectivity index is 1.77. The van der Waals surface area contributed by atoms with Gasteiger partial charge in [-0.25, -0.2) is 0 Å². The van der Waals surface area contributed by atoms with Crippen molar-refractivity contribution in [3.63, 3.8) is 0 Å². The summed E-state index contributed by atoms with van der Waals surface area (Å²) >= 11 is 0. The molecule has 0 aromatic carbocycles. The maximum Gasteiger partial charge on any atom is 0.147 e. The first-order valence-electron chi connectivity index (χ1n) is 5.92. The molecular weight excluding hydrogens is 204 g/mol. The maximum atomic E-state index is 5.05. The number of rotatable bonds is 7. The number of methoxy groups -OCH3 is 1. The topological polar surface area (TPSA) is 52.0 Å². The van der Waals surface area contributed by atoms with Crippen molar-refractivity contribution in [3.8, 4) is 0 Å². The predicted molar refractivity (Wildman–Crippen MR) is 61.1 cm³/mol. The third kappa shape index (κ3) is 3.02. The van der Waals surface area contributed by atoms with E-state index in [1.807, 2.05) is 6.33 Å². The average Bonchev–Trinajstić information content (AvgIpc) is 3.03. The van der Waals surface area contributed by atoms with Crippen molar-refractivity contribution < 1.29 is 4.74 Å². The van der Waals surface area contributed by atoms with Crippen LogP contribution < -0.4 is 5.32 Å². The molecule has 2 rings (SSSR count). The van der Waals surface area contributed by atoms with E-state index in [0.717, 1.165) is 25.4 Å². The Morgan fingerprint density at radius 1 is 1.62 bits per heavy atom. The highest BCUT2D eigenvalue weighted by Crippen LogP contribution is 2.35. The van der Waals surface area contributed by atoms with Gasteiger partial charge in [0.25, 0.3) is 0 Å². The van der Waals surface area contributed by atoms with Crippen molar-refractivity contribution in [1.29, 1.82) is 0 Å². The van der Waals surface area contributed by atoms with Crippen molar-refractivity contribution >= 4 is 0 Å². The Morgan fingerprint density at radius 3 is 3.12 bits per heavy atom. The summed E-state index contributed by atoms with van der Waals surface area (Å²) in [6.45, 7) is 3.75. The molecule has 0 radical (unpaired) electrons. The van der Waals surface area contributed by atoms with E-state index < -0.39 is 0 Å². The van der Waals surface area contributed by atoms with Gasteiger partial charge in [0, 0.05) is 25.8 Å². The van der Waals surface area contributed by atoms with Gasteiger partial charge in [-0.2, -0.15) is 0 Å². The molecule has 1 atom stereocenters. The molecule has 1 N–H and O–H groups in total. The fourth-order valence-corrected chi connectivity index (χ4v) is 1.71. The summed E-state index contributed by atoms with van der Waals surface area (Å²) in [5.74, 6) is 1.05. The third-order valence-electron chi connectivity index (χ3n) is 2.95. The first kappa shape index (κ1) is 11.5. The molecule has 1 aliphatic carbocycles. The highest BCUT2D eigenvalue weighted by Gasteiger charge is 2.25. The van der Waals surface area contributed by atoms with E-state index in [1.54, 1.807) is 7.11 Å². The van der Waals surface area contributed by atoms with Gasteiger partial charge in [-0.15, -0.1) is 10.2 Å². The van der Waals surface area contributed by atoms with Crippen LogP contribution in [0.1, 0.15) is 38.1 Å². The molecule has 1 unspecified atom stereocenters. The third-order valence-corrected chi connectivity index (χ3v) is 2.95. The monoisotopic (exact) mass is 224 g/mol. The number of hydrogen-bond donors (Lipinski definition) is 1. The molecule has 1 saturated carbocycles. The van der Waals surface area contributed by atoms with Gasteiger partial charge in [-0.3, -0.25) is 0 Å². The van der Waals surface area contributed by atoms with Crippen LogP contribution in [0, 0.1) is 0 Å². The van der Waals surface area contributed by atoms with E-state index in [4.69, 9.17) is 4.74 Å². The Kier molecular flexibility index (Phi) is 3.90. The Bertz CT molecular complexity index is 322. The molecule has 1 heterocycles. The first-order valence-corrected chi connectivity index (χ1v) is 5.92. The SMILES string of the molecule is COCCC(C)NCc1nncn1C1CC1. The van der Waals surface area contributed by atoms with Crippen LogP contribution in [-0.2, 0) is 11.3 Å². The number of nitrogens with zero attached hydrogens (tertiary/aromatic N) is 3. The summed E-state index contributed by atoms with van der Waals surface area (Å²) in [7, 11) is 1.73. The highest BCUT2D eigenvalue weighted by atomic mass is 16.5. The normalized spacial score (nSPS) is 17.6. The smallest absolute Gasteiger partial charge is 0.147 e. The van der Waals surface area contributed by atoms with Crippen molar-refractivity contribution in [2.24, 2.45) is 0 Å². The van der Waals surface area contributed by atoms with Gasteiger partial charge in [0.1, 0.15) is 12.2 Å². The molecule has 16 heavy (non-hydrogen) atoms. The van der Waals surface area contributed by atoms with Crippen LogP contribution in [-0.4, -0.2) is 34.5 Å². The number of ether oxygens (including phenoxy) is 1. The molecule has 5 heteroatoms. The molecule has 1 aromatic rings. The zero-order valence-corrected chi connectivity index (χ0v) is 10.0. The minimum absolute atomic E-state index is 0.448. The molecule has 5 nitrogen and oxygen atoms in total. The van der Waals surface area contributed by atoms with Crippen LogP contribution in [0.2, 0.25) is 0 Å². The zero-order chi connectivity index (χ0) is 11.4. The minimum Gasteiger partial charge on any atom is -0.385 e. The van der Waals surface area contributed by atoms with Crippen molar-refractivity contribution in [1.82, 2.24) is 20.1 Å². The van der Waals surface area contributed by atoms with E-state index in [0.29, 0.717) is 12.1 Å². The van der Waals surface area contributed by atoms with Gasteiger partial charge < -0.3 is 14.6 Å². The van der Waals surface area contributed by atoms with Gasteiger partial charge >= 0.3 is 0 Å². The average molecular weight is 224 g/mol. The first-order chi connectivity index (χ1) is 7.81. The standard InChI is InChI=1S/C11H20N4O/c1-9(5-6-16-2)12-7-11-14-13-8-15(11)10-3-4-10/h8-10,12H,3-7H2,1-2H3. The summed E-state index contributed by atoms with van der Waals surface area (Å²) in [5.41, 5.74) is 0. The highest BCUT2D eigenvalue weighted by molar-refractivity contribution is 4.94. The van der Waals surface area contributed by atoms with Gasteiger partial charge in [0.05, 0.1) is 6.54 Å². The van der Waals surface area contributed by atoms with Crippen molar-refractivity contribution in [2.75, 3.05) is 13.7 Å². The van der Waals surface area contributed by atoms with E-state index >= 15 is 0 Å². The lowest BCUT2D eigenvalue weighted by Gasteiger charge is -2.13. The Labute approximate surface area is 96.2 Å². The molecular formula is C11H20N4O. The molecule has 1 aromatic heterocycles. The van der Waals surface area contributed by atoms with Crippen LogP contribution >= 0.6 is 0 Å². The quantitative estimate of drug-likeness (QED) is 0.754. The van der Waals surface area contributed by atoms with Crippen LogP contribution in [0.4, 0.5) is 0 Å². The van der Waals surface area contributed by atoms with E-state index in [2.05, 4.69) is 27.0 Å². The van der Waals surface area contributed by atoms with Crippen LogP contribution in [0.5, 0.6) is 0 Å². The zero-order valence-electron chi connectivity index (χ0n) is 10.0. The molecule has 1 aliphatic rings. The number of nitrogens with one attached hydrogen (secondary N) is 1. The second-order valence-corrected chi connectivity index (χ2v) is 4.45. The summed E-state index contributed by atoms with van der Waals surface area (Å²) in [6, 6.07) is 1.10. The summed E-state index contributed by atoms with van der Waals surface area (Å²) in [5, 5.41) is 11.6. The van der Waals surface area contributed by atoms with Crippen LogP contribution in [0.15, 0.2) is 6.33 Å². The van der Waals surface area contributed by atoms with Crippen molar-refractivity contribution in [3.05, 3.63) is 12.2 Å². The van der Waals surface area contributed by atoms with Gasteiger partial charge in [0.2, 0.25) is 0 Å². The van der Waals surface area contributed by atoms with Crippen LogP contribution in [0.3, 0.4) is 0 Å². The lowest BCUT2D eigenvalue weighted by Crippen LogP contribution is -2.28. The fourth-order valence-electron chi connectivity index (χ4n) is 1.71. The lowest BCUT2D eigenvalue weighted by atomic mass is 10.2. The van der Waals surface area contributed by atoms with E-state index in [9.17, 15) is 0 Å². The molecule has 0 amide bonds. The van der Waals surface area contributed by atoms with Crippen molar-refractivity contribution in [2.45, 2.75) is 44.8 Å². The molecule has 1 fully saturated rings. The maximum absolute atomic E-state index is 5.05. The summed E-state index contributed by atoms with van der Waals surface area (Å²) < 4.78 is 7.24. The lowest BCUT2D eigenvalue weighted by molar-refractivity contribution is 0.184. The van der Waals surface area contributed by atoms with Gasteiger partial charge in [-0.05, 0) is 26.2 Å². The molecule has 90 valence electrons. The largest absolute Gasteiger partial charge is 0.385 e. The Morgan fingerprint density at radius 2 is 2.44 bits per heavy atom. The molecule has 0 saturated heterocycles. The Hall–Kier alpha value is -0.940. The number of aromatic nitrogens is 3. The summed E-state index contributed by atoms with van der Waals surface area (Å²) in [4.78, 5) is 0. The second kappa shape index (κ2) is 5.41. The molecule has 0 spiro atoms. The van der Waals surface area contributed by atoms with E-state index in [-0.39, 0.29) is 0 Å². The second-order valence-electron chi connectivity index (χ2n) is 4.45. The summed E-state index contributed by atoms with van der Waals surface area (Å²) in [6.07, 6.45) is 5.40. The molecule has 0 bridgehead atoms. The van der Waals surface area contributed by atoms with Crippen LogP contribution in [0.25, 0.3) is 0 Å². The van der Waals surface area contributed by atoms with Gasteiger partial charge in [0.15, 0.2) is 0 Å². The predicted octanol–water partition coefficient (Wildman–Crippen LogP) is 1.13. The van der Waals surface area contributed by atoms with Gasteiger partial charge in [-0.1, -0.05) is 0 Å². The minimum atomic E-state index is 0.448. The molecule has 0 aliphatic heterocycles.